The summed E-state index contributed by atoms with van der Waals surface area (Å²) in [6.45, 7) is 5.81. The summed E-state index contributed by atoms with van der Waals surface area (Å²) in [5.41, 5.74) is 1.29. The summed E-state index contributed by atoms with van der Waals surface area (Å²) in [5.74, 6) is 0. The summed E-state index contributed by atoms with van der Waals surface area (Å²) in [4.78, 5) is 2.58. The molecule has 0 radical (unpaired) electrons. The molecule has 3 rings (SSSR count). The Labute approximate surface area is 97.4 Å². The van der Waals surface area contributed by atoms with Gasteiger partial charge in [0.25, 0.3) is 0 Å². The molecule has 1 aliphatic heterocycles. The van der Waals surface area contributed by atoms with E-state index in [0.717, 1.165) is 0 Å². The SMILES string of the molecule is CC(C)N1CCCC1c1ccn(C2CC2)n1. The van der Waals surface area contributed by atoms with Crippen LogP contribution in [0.5, 0.6) is 0 Å². The summed E-state index contributed by atoms with van der Waals surface area (Å²) in [6.07, 6.45) is 7.40. The maximum atomic E-state index is 4.76. The quantitative estimate of drug-likeness (QED) is 0.779. The zero-order valence-corrected chi connectivity index (χ0v) is 10.3. The van der Waals surface area contributed by atoms with Crippen molar-refractivity contribution >= 4 is 0 Å². The molecule has 3 heteroatoms. The van der Waals surface area contributed by atoms with Crippen molar-refractivity contribution in [3.8, 4) is 0 Å². The second-order valence-corrected chi connectivity index (χ2v) is 5.44. The van der Waals surface area contributed by atoms with E-state index in [-0.39, 0.29) is 0 Å². The minimum absolute atomic E-state index is 0.569. The molecule has 1 saturated heterocycles. The summed E-state index contributed by atoms with van der Waals surface area (Å²) >= 11 is 0. The molecule has 0 bridgehead atoms. The Morgan fingerprint density at radius 1 is 1.31 bits per heavy atom. The van der Waals surface area contributed by atoms with Gasteiger partial charge in [-0.05, 0) is 52.1 Å². The van der Waals surface area contributed by atoms with Gasteiger partial charge in [0, 0.05) is 12.2 Å². The van der Waals surface area contributed by atoms with Gasteiger partial charge in [0.1, 0.15) is 0 Å². The van der Waals surface area contributed by atoms with Gasteiger partial charge in [0.05, 0.1) is 17.8 Å². The van der Waals surface area contributed by atoms with Crippen molar-refractivity contribution in [2.24, 2.45) is 0 Å². The molecule has 2 aliphatic rings. The lowest BCUT2D eigenvalue weighted by Crippen LogP contribution is -2.30. The molecule has 1 unspecified atom stereocenters. The van der Waals surface area contributed by atoms with Crippen LogP contribution in [0.25, 0.3) is 0 Å². The van der Waals surface area contributed by atoms with E-state index in [1.165, 1.54) is 37.9 Å². The van der Waals surface area contributed by atoms with Gasteiger partial charge < -0.3 is 0 Å². The van der Waals surface area contributed by atoms with Crippen molar-refractivity contribution in [2.75, 3.05) is 6.54 Å². The van der Waals surface area contributed by atoms with Crippen LogP contribution >= 0.6 is 0 Å². The maximum Gasteiger partial charge on any atom is 0.0796 e. The van der Waals surface area contributed by atoms with Gasteiger partial charge in [0.2, 0.25) is 0 Å². The number of hydrogen-bond acceptors (Lipinski definition) is 2. The first-order valence-electron chi connectivity index (χ1n) is 6.56. The van der Waals surface area contributed by atoms with E-state index in [9.17, 15) is 0 Å². The largest absolute Gasteiger partial charge is 0.292 e. The van der Waals surface area contributed by atoms with Gasteiger partial charge in [-0.1, -0.05) is 0 Å². The van der Waals surface area contributed by atoms with Crippen LogP contribution in [0.1, 0.15) is 57.3 Å². The predicted molar refractivity (Wildman–Crippen MR) is 64.3 cm³/mol. The minimum atomic E-state index is 0.569. The molecule has 88 valence electrons. The van der Waals surface area contributed by atoms with Crippen molar-refractivity contribution in [2.45, 2.75) is 57.7 Å². The normalized spacial score (nSPS) is 26.8. The topological polar surface area (TPSA) is 21.1 Å². The predicted octanol–water partition coefficient (Wildman–Crippen LogP) is 2.76. The highest BCUT2D eigenvalue weighted by Crippen LogP contribution is 2.36. The molecule has 0 amide bonds. The highest BCUT2D eigenvalue weighted by Gasteiger charge is 2.31. The number of nitrogens with zero attached hydrogens (tertiary/aromatic N) is 3. The zero-order chi connectivity index (χ0) is 11.1. The minimum Gasteiger partial charge on any atom is -0.292 e. The third-order valence-electron chi connectivity index (χ3n) is 3.85. The summed E-state index contributed by atoms with van der Waals surface area (Å²) < 4.78 is 2.17. The Kier molecular flexibility index (Phi) is 2.51. The van der Waals surface area contributed by atoms with E-state index in [4.69, 9.17) is 5.10 Å². The molecule has 1 atom stereocenters. The van der Waals surface area contributed by atoms with E-state index < -0.39 is 0 Å². The number of rotatable bonds is 3. The van der Waals surface area contributed by atoms with Crippen molar-refractivity contribution in [1.29, 1.82) is 0 Å². The fraction of sp³-hybridized carbons (Fsp3) is 0.769. The fourth-order valence-electron chi connectivity index (χ4n) is 2.80. The van der Waals surface area contributed by atoms with Gasteiger partial charge in [-0.2, -0.15) is 5.10 Å². The van der Waals surface area contributed by atoms with Crippen LogP contribution in [0.2, 0.25) is 0 Å². The fourth-order valence-corrected chi connectivity index (χ4v) is 2.80. The Morgan fingerprint density at radius 3 is 2.81 bits per heavy atom. The second-order valence-electron chi connectivity index (χ2n) is 5.44. The molecular formula is C13H21N3. The molecule has 1 aromatic rings. The van der Waals surface area contributed by atoms with E-state index in [2.05, 4.69) is 35.7 Å². The monoisotopic (exact) mass is 219 g/mol. The first kappa shape index (κ1) is 10.3. The molecule has 1 saturated carbocycles. The Morgan fingerprint density at radius 2 is 2.12 bits per heavy atom. The number of aromatic nitrogens is 2. The van der Waals surface area contributed by atoms with Crippen molar-refractivity contribution in [3.63, 3.8) is 0 Å². The zero-order valence-electron chi connectivity index (χ0n) is 10.3. The van der Waals surface area contributed by atoms with E-state index in [1.54, 1.807) is 0 Å². The van der Waals surface area contributed by atoms with Crippen LogP contribution < -0.4 is 0 Å². The van der Waals surface area contributed by atoms with Gasteiger partial charge >= 0.3 is 0 Å². The van der Waals surface area contributed by atoms with Gasteiger partial charge in [-0.25, -0.2) is 0 Å². The Balaban J connectivity index is 1.79. The average molecular weight is 219 g/mol. The molecule has 2 heterocycles. The molecule has 0 aromatic carbocycles. The Bertz CT molecular complexity index is 365. The second kappa shape index (κ2) is 3.88. The van der Waals surface area contributed by atoms with Gasteiger partial charge in [0.15, 0.2) is 0 Å². The molecule has 0 spiro atoms. The van der Waals surface area contributed by atoms with Crippen LogP contribution in [0.15, 0.2) is 12.3 Å². The standard InChI is InChI=1S/C13H21N3/c1-10(2)15-8-3-4-13(15)12-7-9-16(14-12)11-5-6-11/h7,9-11,13H,3-6,8H2,1-2H3. The van der Waals surface area contributed by atoms with Crippen LogP contribution in [-0.4, -0.2) is 27.3 Å². The van der Waals surface area contributed by atoms with Gasteiger partial charge in [-0.3, -0.25) is 9.58 Å². The molecular weight excluding hydrogens is 198 g/mol. The van der Waals surface area contributed by atoms with Crippen molar-refractivity contribution in [3.05, 3.63) is 18.0 Å². The molecule has 2 fully saturated rings. The highest BCUT2D eigenvalue weighted by atomic mass is 15.3. The lowest BCUT2D eigenvalue weighted by molar-refractivity contribution is 0.201. The summed E-state index contributed by atoms with van der Waals surface area (Å²) in [6, 6.07) is 4.14. The number of likely N-dealkylation sites (tertiary alicyclic amines) is 1. The first-order valence-corrected chi connectivity index (χ1v) is 6.56. The first-order chi connectivity index (χ1) is 7.75. The lowest BCUT2D eigenvalue weighted by Gasteiger charge is -2.26. The molecule has 1 aliphatic carbocycles. The van der Waals surface area contributed by atoms with Crippen LogP contribution in [0, 0.1) is 0 Å². The molecule has 16 heavy (non-hydrogen) atoms. The highest BCUT2D eigenvalue weighted by molar-refractivity contribution is 5.09. The third kappa shape index (κ3) is 1.77. The number of hydrogen-bond donors (Lipinski definition) is 0. The lowest BCUT2D eigenvalue weighted by atomic mass is 10.1. The van der Waals surface area contributed by atoms with E-state index in [0.29, 0.717) is 18.1 Å². The van der Waals surface area contributed by atoms with Crippen molar-refractivity contribution in [1.82, 2.24) is 14.7 Å². The van der Waals surface area contributed by atoms with Crippen LogP contribution in [-0.2, 0) is 0 Å². The molecule has 1 aromatic heterocycles. The smallest absolute Gasteiger partial charge is 0.0796 e. The Hall–Kier alpha value is -0.830. The third-order valence-corrected chi connectivity index (χ3v) is 3.85. The maximum absolute atomic E-state index is 4.76. The molecule has 3 nitrogen and oxygen atoms in total. The average Bonchev–Trinajstić information content (AvgIpc) is 2.83. The van der Waals surface area contributed by atoms with Gasteiger partial charge in [-0.15, -0.1) is 0 Å². The van der Waals surface area contributed by atoms with Crippen LogP contribution in [0.4, 0.5) is 0 Å². The summed E-state index contributed by atoms with van der Waals surface area (Å²) in [7, 11) is 0. The van der Waals surface area contributed by atoms with E-state index in [1.807, 2.05) is 0 Å². The van der Waals surface area contributed by atoms with Crippen molar-refractivity contribution < 1.29 is 0 Å². The molecule has 0 N–H and O–H groups in total. The van der Waals surface area contributed by atoms with Crippen LogP contribution in [0.3, 0.4) is 0 Å². The summed E-state index contributed by atoms with van der Waals surface area (Å²) in [5, 5.41) is 4.76. The van der Waals surface area contributed by atoms with E-state index >= 15 is 0 Å².